The highest BCUT2D eigenvalue weighted by Gasteiger charge is 2.19. The molecule has 6 heteroatoms. The average Bonchev–Trinajstić information content (AvgIpc) is 2.90. The number of aromatic nitrogens is 1. The summed E-state index contributed by atoms with van der Waals surface area (Å²) in [7, 11) is 0. The molecular weight excluding hydrogens is 320 g/mol. The first-order valence-electron chi connectivity index (χ1n) is 8.43. The van der Waals surface area contributed by atoms with Crippen molar-refractivity contribution in [1.82, 2.24) is 10.5 Å². The molecule has 2 atom stereocenters. The summed E-state index contributed by atoms with van der Waals surface area (Å²) in [5.41, 5.74) is 2.87. The molecule has 6 nitrogen and oxygen atoms in total. The fourth-order valence-electron chi connectivity index (χ4n) is 2.83. The third-order valence-electron chi connectivity index (χ3n) is 4.04. The molecule has 25 heavy (non-hydrogen) atoms. The van der Waals surface area contributed by atoms with Gasteiger partial charge in [0.05, 0.1) is 5.69 Å². The van der Waals surface area contributed by atoms with E-state index in [4.69, 9.17) is 9.26 Å². The van der Waals surface area contributed by atoms with Crippen molar-refractivity contribution in [2.24, 2.45) is 0 Å². The van der Waals surface area contributed by atoms with Gasteiger partial charge in [0.15, 0.2) is 0 Å². The van der Waals surface area contributed by atoms with E-state index in [9.17, 15) is 9.90 Å². The summed E-state index contributed by atoms with van der Waals surface area (Å²) >= 11 is 0. The number of nitrogens with zero attached hydrogens (tertiary/aromatic N) is 1. The van der Waals surface area contributed by atoms with Crippen molar-refractivity contribution in [2.45, 2.75) is 46.1 Å². The lowest BCUT2D eigenvalue weighted by Crippen LogP contribution is -2.35. The molecule has 0 aliphatic rings. The summed E-state index contributed by atoms with van der Waals surface area (Å²) < 4.78 is 10.7. The Hall–Kier alpha value is -2.34. The highest BCUT2D eigenvalue weighted by molar-refractivity contribution is 5.76. The second-order valence-corrected chi connectivity index (χ2v) is 6.43. The van der Waals surface area contributed by atoms with Crippen LogP contribution in [0.1, 0.15) is 41.8 Å². The van der Waals surface area contributed by atoms with Crippen LogP contribution in [-0.4, -0.2) is 35.4 Å². The van der Waals surface area contributed by atoms with E-state index in [2.05, 4.69) is 10.5 Å². The number of aliphatic hydroxyl groups is 1. The van der Waals surface area contributed by atoms with E-state index in [1.54, 1.807) is 0 Å². The van der Waals surface area contributed by atoms with E-state index in [0.29, 0.717) is 12.2 Å². The molecule has 136 valence electrons. The van der Waals surface area contributed by atoms with Gasteiger partial charge in [-0.25, -0.2) is 0 Å². The molecule has 0 radical (unpaired) electrons. The molecule has 1 aromatic heterocycles. The smallest absolute Gasteiger partial charge is 0.220 e. The number of ether oxygens (including phenoxy) is 1. The Kier molecular flexibility index (Phi) is 6.58. The Morgan fingerprint density at radius 1 is 1.36 bits per heavy atom. The number of hydrogen-bond donors (Lipinski definition) is 2. The van der Waals surface area contributed by atoms with E-state index in [1.807, 2.05) is 52.0 Å². The molecule has 2 aromatic rings. The number of carbonyl (C=O) groups excluding carboxylic acids is 1. The molecule has 0 saturated heterocycles. The Morgan fingerprint density at radius 2 is 2.12 bits per heavy atom. The van der Waals surface area contributed by atoms with Crippen molar-refractivity contribution in [2.75, 3.05) is 13.2 Å². The molecular formula is C19H26N2O4. The maximum absolute atomic E-state index is 12.1. The van der Waals surface area contributed by atoms with Gasteiger partial charge in [0.2, 0.25) is 5.91 Å². The molecule has 1 heterocycles. The first-order valence-corrected chi connectivity index (χ1v) is 8.43. The van der Waals surface area contributed by atoms with E-state index in [0.717, 1.165) is 22.6 Å². The molecule has 0 spiro atoms. The summed E-state index contributed by atoms with van der Waals surface area (Å²) in [5.74, 6) is 1.33. The second kappa shape index (κ2) is 8.67. The van der Waals surface area contributed by atoms with Gasteiger partial charge in [-0.05, 0) is 44.4 Å². The third-order valence-corrected chi connectivity index (χ3v) is 4.04. The maximum atomic E-state index is 12.1. The minimum absolute atomic E-state index is 0.00642. The standard InChI is InChI=1S/C19H26N2O4/c1-12-6-5-7-17(8-12)24-11-16(22)10-20-18(23)9-13(2)19-14(3)21-25-15(19)4/h5-8,13,16,22H,9-11H2,1-4H3,(H,20,23). The molecule has 1 amide bonds. The number of benzene rings is 1. The molecule has 2 unspecified atom stereocenters. The predicted octanol–water partition coefficient (Wildman–Crippen LogP) is 2.65. The number of amides is 1. The van der Waals surface area contributed by atoms with Crippen LogP contribution in [0.4, 0.5) is 0 Å². The predicted molar refractivity (Wildman–Crippen MR) is 94.7 cm³/mol. The van der Waals surface area contributed by atoms with Crippen LogP contribution in [0.25, 0.3) is 0 Å². The van der Waals surface area contributed by atoms with Crippen LogP contribution in [0.3, 0.4) is 0 Å². The van der Waals surface area contributed by atoms with E-state index >= 15 is 0 Å². The summed E-state index contributed by atoms with van der Waals surface area (Å²) in [5, 5.41) is 16.6. The lowest BCUT2D eigenvalue weighted by molar-refractivity contribution is -0.121. The highest BCUT2D eigenvalue weighted by Crippen LogP contribution is 2.25. The first-order chi connectivity index (χ1) is 11.9. The van der Waals surface area contributed by atoms with Crippen LogP contribution >= 0.6 is 0 Å². The molecule has 2 rings (SSSR count). The third kappa shape index (κ3) is 5.60. The van der Waals surface area contributed by atoms with Crippen LogP contribution in [-0.2, 0) is 4.79 Å². The second-order valence-electron chi connectivity index (χ2n) is 6.43. The molecule has 0 aliphatic heterocycles. The summed E-state index contributed by atoms with van der Waals surface area (Å²) in [6.07, 6.45) is -0.451. The van der Waals surface area contributed by atoms with Gasteiger partial charge in [-0.15, -0.1) is 0 Å². The van der Waals surface area contributed by atoms with Crippen LogP contribution < -0.4 is 10.1 Å². The lowest BCUT2D eigenvalue weighted by Gasteiger charge is -2.15. The summed E-state index contributed by atoms with van der Waals surface area (Å²) in [6, 6.07) is 7.61. The maximum Gasteiger partial charge on any atom is 0.220 e. The molecule has 1 aromatic carbocycles. The minimum atomic E-state index is -0.765. The Bertz CT molecular complexity index is 692. The quantitative estimate of drug-likeness (QED) is 0.767. The van der Waals surface area contributed by atoms with Gasteiger partial charge in [-0.3, -0.25) is 4.79 Å². The van der Waals surface area contributed by atoms with Crippen molar-refractivity contribution in [3.8, 4) is 5.75 Å². The van der Waals surface area contributed by atoms with Crippen molar-refractivity contribution in [3.63, 3.8) is 0 Å². The zero-order valence-electron chi connectivity index (χ0n) is 15.2. The number of aryl methyl sites for hydroxylation is 3. The molecule has 0 saturated carbocycles. The van der Waals surface area contributed by atoms with Gasteiger partial charge >= 0.3 is 0 Å². The summed E-state index contributed by atoms with van der Waals surface area (Å²) in [6.45, 7) is 7.93. The van der Waals surface area contributed by atoms with Crippen molar-refractivity contribution in [3.05, 3.63) is 46.8 Å². The van der Waals surface area contributed by atoms with Gasteiger partial charge in [0, 0.05) is 18.5 Å². The topological polar surface area (TPSA) is 84.6 Å². The highest BCUT2D eigenvalue weighted by atomic mass is 16.5. The Morgan fingerprint density at radius 3 is 2.76 bits per heavy atom. The monoisotopic (exact) mass is 346 g/mol. The lowest BCUT2D eigenvalue weighted by atomic mass is 9.96. The summed E-state index contributed by atoms with van der Waals surface area (Å²) in [4.78, 5) is 12.1. The fraction of sp³-hybridized carbons (Fsp3) is 0.474. The minimum Gasteiger partial charge on any atom is -0.491 e. The number of rotatable bonds is 8. The fourth-order valence-corrected chi connectivity index (χ4v) is 2.83. The zero-order chi connectivity index (χ0) is 18.4. The number of aliphatic hydroxyl groups excluding tert-OH is 1. The molecule has 2 N–H and O–H groups in total. The molecule has 0 fully saturated rings. The van der Waals surface area contributed by atoms with Crippen LogP contribution in [0.15, 0.2) is 28.8 Å². The van der Waals surface area contributed by atoms with Gasteiger partial charge < -0.3 is 19.7 Å². The van der Waals surface area contributed by atoms with E-state index in [1.165, 1.54) is 0 Å². The van der Waals surface area contributed by atoms with Crippen molar-refractivity contribution < 1.29 is 19.2 Å². The number of hydrogen-bond acceptors (Lipinski definition) is 5. The van der Waals surface area contributed by atoms with E-state index in [-0.39, 0.29) is 25.0 Å². The zero-order valence-corrected chi connectivity index (χ0v) is 15.2. The van der Waals surface area contributed by atoms with Crippen molar-refractivity contribution in [1.29, 1.82) is 0 Å². The Labute approximate surface area is 148 Å². The SMILES string of the molecule is Cc1cccc(OCC(O)CNC(=O)CC(C)c2c(C)noc2C)c1. The van der Waals surface area contributed by atoms with Gasteiger partial charge in [-0.1, -0.05) is 24.2 Å². The first kappa shape index (κ1) is 19.0. The average molecular weight is 346 g/mol. The number of carbonyl (C=O) groups is 1. The van der Waals surface area contributed by atoms with E-state index < -0.39 is 6.10 Å². The molecule has 0 aliphatic carbocycles. The van der Waals surface area contributed by atoms with Crippen LogP contribution in [0.5, 0.6) is 5.75 Å². The van der Waals surface area contributed by atoms with Crippen molar-refractivity contribution >= 4 is 5.91 Å². The van der Waals surface area contributed by atoms with Crippen LogP contribution in [0, 0.1) is 20.8 Å². The largest absolute Gasteiger partial charge is 0.491 e. The van der Waals surface area contributed by atoms with Gasteiger partial charge in [-0.2, -0.15) is 0 Å². The normalized spacial score (nSPS) is 13.3. The number of nitrogens with one attached hydrogen (secondary N) is 1. The Balaban J connectivity index is 1.74. The van der Waals surface area contributed by atoms with Gasteiger partial charge in [0.25, 0.3) is 0 Å². The van der Waals surface area contributed by atoms with Crippen LogP contribution in [0.2, 0.25) is 0 Å². The van der Waals surface area contributed by atoms with Gasteiger partial charge in [0.1, 0.15) is 24.2 Å². The molecule has 0 bridgehead atoms.